The first-order valence-electron chi connectivity index (χ1n) is 6.97. The van der Waals surface area contributed by atoms with Gasteiger partial charge >= 0.3 is 5.97 Å². The maximum Gasteiger partial charge on any atom is 0.323 e. The fraction of sp³-hybridized carbons (Fsp3) is 0.375. The van der Waals surface area contributed by atoms with Crippen LogP contribution in [0.5, 0.6) is 11.5 Å². The minimum atomic E-state index is -1.04. The molecule has 0 saturated heterocycles. The van der Waals surface area contributed by atoms with Crippen molar-refractivity contribution in [2.24, 2.45) is 0 Å². The van der Waals surface area contributed by atoms with Crippen LogP contribution in [0.3, 0.4) is 0 Å². The predicted molar refractivity (Wildman–Crippen MR) is 81.0 cm³/mol. The van der Waals surface area contributed by atoms with Gasteiger partial charge in [-0.1, -0.05) is 12.1 Å². The molecule has 1 aliphatic heterocycles. The van der Waals surface area contributed by atoms with Crippen LogP contribution in [0.4, 0.5) is 0 Å². The second kappa shape index (κ2) is 6.51. The highest BCUT2D eigenvalue weighted by Gasteiger charge is 2.26. The summed E-state index contributed by atoms with van der Waals surface area (Å²) in [5, 5.41) is 8.94. The number of carbonyl (C=O) groups is 2. The Hall–Kier alpha value is -2.50. The molecular weight excluding hydrogens is 286 g/mol. The number of methoxy groups -OCH3 is 1. The van der Waals surface area contributed by atoms with Crippen molar-refractivity contribution >= 4 is 18.0 Å². The fourth-order valence-corrected chi connectivity index (χ4v) is 2.28. The van der Waals surface area contributed by atoms with E-state index in [1.807, 2.05) is 12.1 Å². The fourth-order valence-electron chi connectivity index (χ4n) is 2.28. The number of ether oxygens (including phenoxy) is 2. The summed E-state index contributed by atoms with van der Waals surface area (Å²) in [6.07, 6.45) is 1.72. The van der Waals surface area contributed by atoms with Gasteiger partial charge in [0.2, 0.25) is 0 Å². The Morgan fingerprint density at radius 2 is 2.14 bits per heavy atom. The van der Waals surface area contributed by atoms with Gasteiger partial charge in [-0.15, -0.1) is 0 Å². The first-order chi connectivity index (χ1) is 10.4. The smallest absolute Gasteiger partial charge is 0.323 e. The monoisotopic (exact) mass is 305 g/mol. The number of hydrogen-bond donors (Lipinski definition) is 1. The number of para-hydroxylation sites is 1. The molecule has 6 heteroatoms. The lowest BCUT2D eigenvalue weighted by atomic mass is 10.1. The summed E-state index contributed by atoms with van der Waals surface area (Å²) < 4.78 is 10.8. The molecule has 0 radical (unpaired) electrons. The van der Waals surface area contributed by atoms with Crippen LogP contribution >= 0.6 is 0 Å². The van der Waals surface area contributed by atoms with Crippen molar-refractivity contribution in [1.82, 2.24) is 4.90 Å². The number of nitrogens with zero attached hydrogens (tertiary/aromatic N) is 1. The summed E-state index contributed by atoms with van der Waals surface area (Å²) in [6, 6.07) is 5.20. The Labute approximate surface area is 128 Å². The molecule has 0 bridgehead atoms. The van der Waals surface area contributed by atoms with E-state index in [4.69, 9.17) is 14.6 Å². The molecule has 1 amide bonds. The topological polar surface area (TPSA) is 76.1 Å². The van der Waals surface area contributed by atoms with E-state index < -0.39 is 5.97 Å². The van der Waals surface area contributed by atoms with Crippen molar-refractivity contribution in [1.29, 1.82) is 0 Å². The zero-order chi connectivity index (χ0) is 16.3. The van der Waals surface area contributed by atoms with Gasteiger partial charge in [0.05, 0.1) is 12.7 Å². The van der Waals surface area contributed by atoms with Gasteiger partial charge in [0, 0.05) is 11.6 Å². The minimum absolute atomic E-state index is 0.0923. The van der Waals surface area contributed by atoms with E-state index in [2.05, 4.69) is 0 Å². The number of aliphatic carboxylic acids is 1. The number of hydrogen-bond acceptors (Lipinski definition) is 4. The van der Waals surface area contributed by atoms with Crippen LogP contribution < -0.4 is 9.47 Å². The normalized spacial score (nSPS) is 13.0. The molecule has 1 heterocycles. The molecule has 2 rings (SSSR count). The van der Waals surface area contributed by atoms with E-state index in [1.54, 1.807) is 33.1 Å². The molecule has 1 N–H and O–H groups in total. The van der Waals surface area contributed by atoms with Gasteiger partial charge in [-0.3, -0.25) is 9.59 Å². The third-order valence-corrected chi connectivity index (χ3v) is 3.40. The molecule has 6 nitrogen and oxygen atoms in total. The maximum atomic E-state index is 12.5. The van der Waals surface area contributed by atoms with Crippen LogP contribution in [-0.4, -0.2) is 48.2 Å². The van der Waals surface area contributed by atoms with E-state index in [0.29, 0.717) is 17.1 Å². The van der Waals surface area contributed by atoms with Gasteiger partial charge in [0.1, 0.15) is 13.2 Å². The SMILES string of the molecule is COc1cccc2c1OCC(C(=O)N(CC(=O)O)C(C)C)=C2. The van der Waals surface area contributed by atoms with E-state index in [-0.39, 0.29) is 25.1 Å². The largest absolute Gasteiger partial charge is 0.493 e. The second-order valence-corrected chi connectivity index (χ2v) is 5.26. The summed E-state index contributed by atoms with van der Waals surface area (Å²) in [7, 11) is 1.55. The Morgan fingerprint density at radius 1 is 1.41 bits per heavy atom. The summed E-state index contributed by atoms with van der Waals surface area (Å²) in [4.78, 5) is 24.8. The number of fused-ring (bicyclic) bond motifs is 1. The van der Waals surface area contributed by atoms with Gasteiger partial charge in [0.15, 0.2) is 11.5 Å². The summed E-state index contributed by atoms with van der Waals surface area (Å²) in [5.41, 5.74) is 1.17. The third kappa shape index (κ3) is 3.21. The molecule has 0 aromatic heterocycles. The summed E-state index contributed by atoms with van der Waals surface area (Å²) in [5.74, 6) is -0.172. The average molecular weight is 305 g/mol. The molecular formula is C16H19NO5. The van der Waals surface area contributed by atoms with Crippen LogP contribution in [0.25, 0.3) is 6.08 Å². The molecule has 0 spiro atoms. The van der Waals surface area contributed by atoms with E-state index in [0.717, 1.165) is 5.56 Å². The minimum Gasteiger partial charge on any atom is -0.493 e. The van der Waals surface area contributed by atoms with Gasteiger partial charge in [0.25, 0.3) is 5.91 Å². The summed E-state index contributed by atoms with van der Waals surface area (Å²) >= 11 is 0. The quantitative estimate of drug-likeness (QED) is 0.897. The maximum absolute atomic E-state index is 12.5. The van der Waals surface area contributed by atoms with Crippen LogP contribution in [-0.2, 0) is 9.59 Å². The number of carboxylic acid groups (broad SMARTS) is 1. The zero-order valence-electron chi connectivity index (χ0n) is 12.8. The van der Waals surface area contributed by atoms with Gasteiger partial charge < -0.3 is 19.5 Å². The second-order valence-electron chi connectivity index (χ2n) is 5.26. The number of carboxylic acids is 1. The van der Waals surface area contributed by atoms with Crippen LogP contribution in [0.2, 0.25) is 0 Å². The van der Waals surface area contributed by atoms with E-state index in [9.17, 15) is 9.59 Å². The Kier molecular flexibility index (Phi) is 4.70. The van der Waals surface area contributed by atoms with Crippen molar-refractivity contribution in [2.75, 3.05) is 20.3 Å². The van der Waals surface area contributed by atoms with Gasteiger partial charge in [-0.2, -0.15) is 0 Å². The molecule has 0 aliphatic carbocycles. The lowest BCUT2D eigenvalue weighted by Gasteiger charge is -2.28. The standard InChI is InChI=1S/C16H19NO5/c1-10(2)17(8-14(18)19)16(20)12-7-11-5-4-6-13(21-3)15(11)22-9-12/h4-7,10H,8-9H2,1-3H3,(H,18,19). The number of rotatable bonds is 5. The number of carbonyl (C=O) groups excluding carboxylic acids is 1. The Morgan fingerprint density at radius 3 is 2.73 bits per heavy atom. The molecule has 0 fully saturated rings. The van der Waals surface area contributed by atoms with Crippen molar-refractivity contribution in [3.63, 3.8) is 0 Å². The molecule has 1 aromatic carbocycles. The highest BCUT2D eigenvalue weighted by Crippen LogP contribution is 2.35. The predicted octanol–water partition coefficient (Wildman–Crippen LogP) is 1.79. The Bertz CT molecular complexity index is 621. The van der Waals surface area contributed by atoms with Crippen molar-refractivity contribution < 1.29 is 24.2 Å². The molecule has 22 heavy (non-hydrogen) atoms. The van der Waals surface area contributed by atoms with Crippen LogP contribution in [0, 0.1) is 0 Å². The van der Waals surface area contributed by atoms with Crippen LogP contribution in [0.15, 0.2) is 23.8 Å². The van der Waals surface area contributed by atoms with Crippen LogP contribution in [0.1, 0.15) is 19.4 Å². The highest BCUT2D eigenvalue weighted by atomic mass is 16.5. The van der Waals surface area contributed by atoms with Gasteiger partial charge in [-0.05, 0) is 26.0 Å². The number of benzene rings is 1. The van der Waals surface area contributed by atoms with Gasteiger partial charge in [-0.25, -0.2) is 0 Å². The number of amides is 1. The average Bonchev–Trinajstić information content (AvgIpc) is 2.50. The lowest BCUT2D eigenvalue weighted by molar-refractivity contribution is -0.144. The molecule has 1 aromatic rings. The third-order valence-electron chi connectivity index (χ3n) is 3.40. The van der Waals surface area contributed by atoms with Crippen molar-refractivity contribution in [3.05, 3.63) is 29.3 Å². The highest BCUT2D eigenvalue weighted by molar-refractivity contribution is 6.00. The van der Waals surface area contributed by atoms with Crippen molar-refractivity contribution in [2.45, 2.75) is 19.9 Å². The lowest BCUT2D eigenvalue weighted by Crippen LogP contribution is -2.42. The molecule has 0 unspecified atom stereocenters. The van der Waals surface area contributed by atoms with E-state index >= 15 is 0 Å². The van der Waals surface area contributed by atoms with E-state index in [1.165, 1.54) is 4.90 Å². The Balaban J connectivity index is 2.30. The summed E-state index contributed by atoms with van der Waals surface area (Å²) in [6.45, 7) is 3.32. The van der Waals surface area contributed by atoms with Crippen molar-refractivity contribution in [3.8, 4) is 11.5 Å². The molecule has 1 aliphatic rings. The first-order valence-corrected chi connectivity index (χ1v) is 6.97. The first kappa shape index (κ1) is 15.9. The zero-order valence-corrected chi connectivity index (χ0v) is 12.8. The molecule has 0 atom stereocenters. The molecule has 118 valence electrons. The molecule has 0 saturated carbocycles.